The van der Waals surface area contributed by atoms with Crippen LogP contribution in [0.4, 0.5) is 0 Å². The second kappa shape index (κ2) is 3.89. The van der Waals surface area contributed by atoms with Crippen molar-refractivity contribution in [3.8, 4) is 0 Å². The van der Waals surface area contributed by atoms with Gasteiger partial charge in [-0.15, -0.1) is 4.18 Å². The predicted octanol–water partition coefficient (Wildman–Crippen LogP) is 4.19. The fourth-order valence-corrected chi connectivity index (χ4v) is 3.95. The molecule has 3 rings (SSSR count). The zero-order valence-electron chi connectivity index (χ0n) is 9.14. The van der Waals surface area contributed by atoms with Crippen LogP contribution < -0.4 is 4.18 Å². The Labute approximate surface area is 97.5 Å². The Bertz CT molecular complexity index is 586. The van der Waals surface area contributed by atoms with Crippen LogP contribution >= 0.6 is 10.8 Å². The Morgan fingerprint density at radius 3 is 1.88 bits per heavy atom. The van der Waals surface area contributed by atoms with Crippen LogP contribution in [0.5, 0.6) is 0 Å². The highest BCUT2D eigenvalue weighted by Gasteiger charge is 2.21. The first-order valence-electron chi connectivity index (χ1n) is 5.48. The number of benzene rings is 2. The van der Waals surface area contributed by atoms with Gasteiger partial charge in [0, 0.05) is 12.1 Å². The zero-order valence-corrected chi connectivity index (χ0v) is 9.96. The van der Waals surface area contributed by atoms with Crippen molar-refractivity contribution in [1.29, 1.82) is 0 Å². The highest BCUT2D eigenvalue weighted by Crippen LogP contribution is 2.40. The quantitative estimate of drug-likeness (QED) is 0.599. The summed E-state index contributed by atoms with van der Waals surface area (Å²) in [5.41, 5.74) is 0. The summed E-state index contributed by atoms with van der Waals surface area (Å²) in [6.45, 7) is 2.81. The minimum absolute atomic E-state index is 0.177. The molecule has 0 saturated carbocycles. The van der Waals surface area contributed by atoms with E-state index in [2.05, 4.69) is 55.5 Å². The molecule has 2 aromatic carbocycles. The average molecular weight is 229 g/mol. The van der Waals surface area contributed by atoms with Crippen molar-refractivity contribution in [3.63, 3.8) is 0 Å². The number of thiophene rings is 1. The fraction of sp³-hybridized carbons (Fsp3) is 0.143. The van der Waals surface area contributed by atoms with Crippen LogP contribution in [0.1, 0.15) is 6.92 Å². The predicted molar refractivity (Wildman–Crippen MR) is 71.1 cm³/mol. The zero-order chi connectivity index (χ0) is 11.0. The minimum atomic E-state index is -0.177. The smallest absolute Gasteiger partial charge is 0.150 e. The summed E-state index contributed by atoms with van der Waals surface area (Å²) in [6.07, 6.45) is 0. The van der Waals surface area contributed by atoms with Crippen LogP contribution in [0.25, 0.3) is 20.2 Å². The SMILES string of the molecule is CCO[s+]1c2ccccc2c2ccccc21. The van der Waals surface area contributed by atoms with E-state index >= 15 is 0 Å². The van der Waals surface area contributed by atoms with Gasteiger partial charge in [0.15, 0.2) is 10.8 Å². The van der Waals surface area contributed by atoms with E-state index < -0.39 is 0 Å². The molecule has 0 spiro atoms. The van der Waals surface area contributed by atoms with Crippen molar-refractivity contribution in [2.45, 2.75) is 6.92 Å². The molecule has 0 aliphatic rings. The van der Waals surface area contributed by atoms with Gasteiger partial charge in [-0.25, -0.2) is 0 Å². The summed E-state index contributed by atoms with van der Waals surface area (Å²) >= 11 is 0. The maximum Gasteiger partial charge on any atom is 0.218 e. The molecule has 0 radical (unpaired) electrons. The molecule has 16 heavy (non-hydrogen) atoms. The molecular formula is C14H13OS+. The molecule has 0 aliphatic carbocycles. The maximum atomic E-state index is 5.88. The Hall–Kier alpha value is -1.38. The molecule has 0 fully saturated rings. The first kappa shape index (κ1) is 9.82. The van der Waals surface area contributed by atoms with E-state index in [4.69, 9.17) is 4.18 Å². The topological polar surface area (TPSA) is 9.23 Å². The monoisotopic (exact) mass is 229 g/mol. The highest BCUT2D eigenvalue weighted by molar-refractivity contribution is 7.39. The van der Waals surface area contributed by atoms with E-state index in [1.807, 2.05) is 0 Å². The van der Waals surface area contributed by atoms with E-state index in [9.17, 15) is 0 Å². The Balaban J connectivity index is 2.49. The summed E-state index contributed by atoms with van der Waals surface area (Å²) in [5.74, 6) is 0. The Morgan fingerprint density at radius 2 is 1.38 bits per heavy atom. The maximum absolute atomic E-state index is 5.88. The lowest BCUT2D eigenvalue weighted by atomic mass is 10.2. The van der Waals surface area contributed by atoms with Gasteiger partial charge < -0.3 is 0 Å². The lowest BCUT2D eigenvalue weighted by Gasteiger charge is -1.87. The third-order valence-electron chi connectivity index (χ3n) is 2.70. The molecule has 0 N–H and O–H groups in total. The number of hydrogen-bond acceptors (Lipinski definition) is 1. The number of hydrogen-bond donors (Lipinski definition) is 0. The molecule has 0 bridgehead atoms. The average Bonchev–Trinajstić information content (AvgIpc) is 2.66. The second-order valence-electron chi connectivity index (χ2n) is 3.67. The molecule has 1 aromatic heterocycles. The van der Waals surface area contributed by atoms with Crippen molar-refractivity contribution in [1.82, 2.24) is 0 Å². The number of rotatable bonds is 2. The van der Waals surface area contributed by atoms with E-state index in [1.54, 1.807) is 0 Å². The molecule has 0 atom stereocenters. The van der Waals surface area contributed by atoms with Crippen molar-refractivity contribution in [3.05, 3.63) is 48.5 Å². The van der Waals surface area contributed by atoms with Gasteiger partial charge in [0.2, 0.25) is 9.40 Å². The first-order valence-corrected chi connectivity index (χ1v) is 6.63. The molecule has 1 heterocycles. The molecule has 3 aromatic rings. The summed E-state index contributed by atoms with van der Waals surface area (Å²) in [7, 11) is -0.177. The van der Waals surface area contributed by atoms with Gasteiger partial charge in [-0.3, -0.25) is 0 Å². The van der Waals surface area contributed by atoms with Crippen molar-refractivity contribution < 1.29 is 4.18 Å². The molecule has 0 unspecified atom stereocenters. The Morgan fingerprint density at radius 1 is 0.875 bits per heavy atom. The van der Waals surface area contributed by atoms with Gasteiger partial charge in [0.05, 0.1) is 10.8 Å². The molecule has 0 aliphatic heterocycles. The molecule has 0 amide bonds. The third kappa shape index (κ3) is 1.34. The summed E-state index contributed by atoms with van der Waals surface area (Å²) in [5, 5.41) is 2.66. The van der Waals surface area contributed by atoms with Gasteiger partial charge in [-0.1, -0.05) is 24.3 Å². The van der Waals surface area contributed by atoms with Gasteiger partial charge in [-0.05, 0) is 19.1 Å². The lowest BCUT2D eigenvalue weighted by molar-refractivity contribution is 0.458. The molecule has 0 saturated heterocycles. The van der Waals surface area contributed by atoms with Crippen molar-refractivity contribution >= 4 is 30.9 Å². The van der Waals surface area contributed by atoms with Crippen LogP contribution in [0, 0.1) is 0 Å². The summed E-state index contributed by atoms with van der Waals surface area (Å²) < 4.78 is 8.53. The first-order chi connectivity index (χ1) is 7.92. The van der Waals surface area contributed by atoms with E-state index in [1.165, 1.54) is 20.2 Å². The van der Waals surface area contributed by atoms with Crippen LogP contribution in [0.15, 0.2) is 48.5 Å². The number of fused-ring (bicyclic) bond motifs is 3. The van der Waals surface area contributed by atoms with E-state index in [0.717, 1.165) is 6.61 Å². The molecule has 2 heteroatoms. The van der Waals surface area contributed by atoms with E-state index in [-0.39, 0.29) is 10.8 Å². The van der Waals surface area contributed by atoms with Crippen LogP contribution in [0.2, 0.25) is 0 Å². The van der Waals surface area contributed by atoms with Crippen molar-refractivity contribution in [2.75, 3.05) is 6.61 Å². The van der Waals surface area contributed by atoms with Gasteiger partial charge in [0.25, 0.3) is 0 Å². The standard InChI is InChI=1S/C14H13OS/c1-2-15-16-13-9-5-3-7-11(13)12-8-4-6-10-14(12)16/h3-10H,2H2,1H3/q+1. The largest absolute Gasteiger partial charge is 0.218 e. The molecular weight excluding hydrogens is 216 g/mol. The Kier molecular flexibility index (Phi) is 2.39. The van der Waals surface area contributed by atoms with Gasteiger partial charge >= 0.3 is 0 Å². The van der Waals surface area contributed by atoms with Crippen molar-refractivity contribution in [2.24, 2.45) is 0 Å². The summed E-state index contributed by atoms with van der Waals surface area (Å²) in [4.78, 5) is 0. The third-order valence-corrected chi connectivity index (χ3v) is 4.68. The second-order valence-corrected chi connectivity index (χ2v) is 5.32. The van der Waals surface area contributed by atoms with Crippen LogP contribution in [-0.4, -0.2) is 6.61 Å². The van der Waals surface area contributed by atoms with Crippen LogP contribution in [-0.2, 0) is 0 Å². The van der Waals surface area contributed by atoms with E-state index in [0.29, 0.717) is 0 Å². The molecule has 1 nitrogen and oxygen atoms in total. The molecule has 80 valence electrons. The lowest BCUT2D eigenvalue weighted by Crippen LogP contribution is -1.88. The summed E-state index contributed by atoms with van der Waals surface area (Å²) in [6, 6.07) is 17.1. The normalized spacial score (nSPS) is 11.3. The highest BCUT2D eigenvalue weighted by atomic mass is 32.2. The van der Waals surface area contributed by atoms with Gasteiger partial charge in [0.1, 0.15) is 6.61 Å². The minimum Gasteiger partial charge on any atom is -0.150 e. The fourth-order valence-electron chi connectivity index (χ4n) is 2.06. The van der Waals surface area contributed by atoms with Crippen LogP contribution in [0.3, 0.4) is 0 Å². The van der Waals surface area contributed by atoms with Gasteiger partial charge in [-0.2, -0.15) is 0 Å².